The third kappa shape index (κ3) is 5.80. The van der Waals surface area contributed by atoms with Crippen LogP contribution in [0.3, 0.4) is 0 Å². The highest BCUT2D eigenvalue weighted by Crippen LogP contribution is 2.37. The van der Waals surface area contributed by atoms with Gasteiger partial charge in [0.1, 0.15) is 45.7 Å². The number of piperidine rings is 1. The first-order valence-electron chi connectivity index (χ1n) is 12.8. The molecule has 0 spiro atoms. The van der Waals surface area contributed by atoms with Crippen LogP contribution in [0.1, 0.15) is 48.8 Å². The number of hydrogen-bond acceptors (Lipinski definition) is 7. The predicted octanol–water partition coefficient (Wildman–Crippen LogP) is 4.77. The molecule has 1 aliphatic rings. The smallest absolute Gasteiger partial charge is 0.289 e. The second-order valence-electron chi connectivity index (χ2n) is 9.14. The molecule has 1 saturated heterocycles. The molecule has 0 atom stereocenters. The van der Waals surface area contributed by atoms with Gasteiger partial charge in [0.25, 0.3) is 11.5 Å². The molecule has 4 rings (SSSR count). The number of benzene rings is 2. The number of amides is 1. The molecule has 39 heavy (non-hydrogen) atoms. The van der Waals surface area contributed by atoms with Crippen LogP contribution >= 0.6 is 11.6 Å². The van der Waals surface area contributed by atoms with Gasteiger partial charge in [-0.05, 0) is 30.7 Å². The van der Waals surface area contributed by atoms with Crippen LogP contribution in [0.15, 0.2) is 41.2 Å². The lowest BCUT2D eigenvalue weighted by Gasteiger charge is -2.32. The van der Waals surface area contributed by atoms with Crippen LogP contribution in [-0.2, 0) is 6.42 Å². The largest absolute Gasteiger partial charge is 0.494 e. The maximum absolute atomic E-state index is 13.8. The van der Waals surface area contributed by atoms with Crippen LogP contribution < -0.4 is 19.8 Å². The van der Waals surface area contributed by atoms with Crippen molar-refractivity contribution in [3.63, 3.8) is 0 Å². The number of rotatable bonds is 9. The van der Waals surface area contributed by atoms with E-state index in [2.05, 4.69) is 4.98 Å². The minimum absolute atomic E-state index is 0.0949. The molecule has 11 heteroatoms. The molecule has 0 unspecified atom stereocenters. The molecule has 2 aromatic carbocycles. The number of methoxy groups -OCH3 is 2. The Kier molecular flexibility index (Phi) is 8.96. The number of aromatic hydroxyl groups is 1. The molecule has 1 aliphatic heterocycles. The summed E-state index contributed by atoms with van der Waals surface area (Å²) in [7, 11) is 2.96. The van der Waals surface area contributed by atoms with Gasteiger partial charge >= 0.3 is 0 Å². The average molecular weight is 560 g/mol. The number of aryl methyl sites for hydroxylation is 1. The van der Waals surface area contributed by atoms with E-state index in [1.54, 1.807) is 24.3 Å². The number of unbranched alkanes of at least 4 members (excludes halogenated alkanes) is 1. The summed E-state index contributed by atoms with van der Waals surface area (Å²) in [5, 5.41) is 11.3. The summed E-state index contributed by atoms with van der Waals surface area (Å²) in [6.07, 6.45) is 2.48. The van der Waals surface area contributed by atoms with Crippen LogP contribution in [0.4, 0.5) is 4.39 Å². The molecular formula is C28H31ClFN3O6. The highest BCUT2D eigenvalue weighted by molar-refractivity contribution is 6.32. The van der Waals surface area contributed by atoms with E-state index in [1.807, 2.05) is 6.92 Å². The van der Waals surface area contributed by atoms with E-state index in [9.17, 15) is 19.1 Å². The third-order valence-corrected chi connectivity index (χ3v) is 7.04. The fourth-order valence-electron chi connectivity index (χ4n) is 4.62. The van der Waals surface area contributed by atoms with Gasteiger partial charge in [0, 0.05) is 32.4 Å². The molecular weight excluding hydrogens is 529 g/mol. The van der Waals surface area contributed by atoms with Gasteiger partial charge in [-0.3, -0.25) is 14.2 Å². The van der Waals surface area contributed by atoms with Crippen molar-refractivity contribution in [2.75, 3.05) is 27.3 Å². The van der Waals surface area contributed by atoms with Crippen LogP contribution in [0, 0.1) is 5.82 Å². The lowest BCUT2D eigenvalue weighted by atomic mass is 10.1. The second kappa shape index (κ2) is 12.4. The Morgan fingerprint density at radius 2 is 1.72 bits per heavy atom. The van der Waals surface area contributed by atoms with Gasteiger partial charge in [-0.2, -0.15) is 4.98 Å². The molecule has 0 bridgehead atoms. The molecule has 0 saturated carbocycles. The Morgan fingerprint density at radius 1 is 1.10 bits per heavy atom. The van der Waals surface area contributed by atoms with Gasteiger partial charge < -0.3 is 24.2 Å². The Morgan fingerprint density at radius 3 is 2.33 bits per heavy atom. The van der Waals surface area contributed by atoms with Gasteiger partial charge in [-0.15, -0.1) is 0 Å². The summed E-state index contributed by atoms with van der Waals surface area (Å²) in [5.41, 5.74) is -0.902. The Hall–Kier alpha value is -3.79. The highest BCUT2D eigenvalue weighted by Gasteiger charge is 2.32. The first kappa shape index (κ1) is 28.2. The van der Waals surface area contributed by atoms with Gasteiger partial charge in [0.05, 0.1) is 14.2 Å². The molecule has 0 radical (unpaired) electrons. The van der Waals surface area contributed by atoms with Crippen molar-refractivity contribution in [3.05, 3.63) is 69.0 Å². The Balaban J connectivity index is 1.66. The molecule has 3 aromatic rings. The first-order chi connectivity index (χ1) is 18.8. The van der Waals surface area contributed by atoms with Crippen LogP contribution in [0.25, 0.3) is 5.69 Å². The molecule has 1 aromatic heterocycles. The molecule has 0 aliphatic carbocycles. The monoisotopic (exact) mass is 559 g/mol. The van der Waals surface area contributed by atoms with Crippen molar-refractivity contribution in [2.24, 2.45) is 0 Å². The molecule has 1 fully saturated rings. The van der Waals surface area contributed by atoms with E-state index in [0.717, 1.165) is 6.42 Å². The zero-order valence-electron chi connectivity index (χ0n) is 22.1. The fraction of sp³-hybridized carbons (Fsp3) is 0.393. The zero-order chi connectivity index (χ0) is 28.1. The summed E-state index contributed by atoms with van der Waals surface area (Å²) < 4.78 is 32.0. The van der Waals surface area contributed by atoms with Crippen molar-refractivity contribution in [1.82, 2.24) is 14.5 Å². The maximum Gasteiger partial charge on any atom is 0.289 e. The summed E-state index contributed by atoms with van der Waals surface area (Å²) >= 11 is 6.01. The number of halogens is 2. The third-order valence-electron chi connectivity index (χ3n) is 6.67. The Labute approximate surface area is 230 Å². The van der Waals surface area contributed by atoms with E-state index in [-0.39, 0.29) is 35.8 Å². The number of hydrogen-bond donors (Lipinski definition) is 1. The predicted molar refractivity (Wildman–Crippen MR) is 144 cm³/mol. The summed E-state index contributed by atoms with van der Waals surface area (Å²) in [5.74, 6) is -0.469. The van der Waals surface area contributed by atoms with Crippen molar-refractivity contribution < 1.29 is 28.5 Å². The summed E-state index contributed by atoms with van der Waals surface area (Å²) in [4.78, 5) is 32.4. The molecule has 1 N–H and O–H groups in total. The summed E-state index contributed by atoms with van der Waals surface area (Å²) in [6.45, 7) is 2.51. The fourth-order valence-corrected chi connectivity index (χ4v) is 4.79. The van der Waals surface area contributed by atoms with Gasteiger partial charge in [-0.25, -0.2) is 4.39 Å². The van der Waals surface area contributed by atoms with E-state index < -0.39 is 28.7 Å². The minimum atomic E-state index is -0.807. The van der Waals surface area contributed by atoms with Crippen LogP contribution in [0.5, 0.6) is 23.1 Å². The topological polar surface area (TPSA) is 103 Å². The number of para-hydroxylation sites is 1. The van der Waals surface area contributed by atoms with Crippen molar-refractivity contribution in [1.29, 1.82) is 0 Å². The van der Waals surface area contributed by atoms with Crippen molar-refractivity contribution in [2.45, 2.75) is 45.1 Å². The average Bonchev–Trinajstić information content (AvgIpc) is 2.94. The standard InChI is InChI=1S/C28H31ClFN3O6/c1-4-5-12-22-31-26(34)23(28(36)33(22)25-20(37-2)10-7-11-21(25)38-3)27(35)32-15-13-17(14-16-32)39-19-9-6-8-18(30)24(19)29/h6-11,17,36H,4-5,12-16H2,1-3H3. The van der Waals surface area contributed by atoms with Crippen LogP contribution in [-0.4, -0.2) is 58.9 Å². The van der Waals surface area contributed by atoms with Gasteiger partial charge in [-0.1, -0.05) is 37.1 Å². The molecule has 1 amide bonds. The Bertz CT molecular complexity index is 1380. The maximum atomic E-state index is 13.8. The molecule has 9 nitrogen and oxygen atoms in total. The van der Waals surface area contributed by atoms with E-state index in [1.165, 1.54) is 35.8 Å². The van der Waals surface area contributed by atoms with Crippen LogP contribution in [0.2, 0.25) is 5.02 Å². The number of nitrogens with zero attached hydrogens (tertiary/aromatic N) is 3. The van der Waals surface area contributed by atoms with Gasteiger partial charge in [0.15, 0.2) is 5.56 Å². The number of carbonyl (C=O) groups is 1. The molecule has 208 valence electrons. The zero-order valence-corrected chi connectivity index (χ0v) is 22.8. The molecule has 2 heterocycles. The van der Waals surface area contributed by atoms with E-state index in [4.69, 9.17) is 25.8 Å². The first-order valence-corrected chi connectivity index (χ1v) is 13.1. The SMILES string of the molecule is CCCCc1nc(=O)c(C(=O)N2CCC(Oc3cccc(F)c3Cl)CC2)c(O)n1-c1c(OC)cccc1OC. The number of likely N-dealkylation sites (tertiary alicyclic amines) is 1. The van der Waals surface area contributed by atoms with Crippen molar-refractivity contribution in [3.8, 4) is 28.8 Å². The minimum Gasteiger partial charge on any atom is -0.494 e. The highest BCUT2D eigenvalue weighted by atomic mass is 35.5. The second-order valence-corrected chi connectivity index (χ2v) is 9.52. The number of carbonyl (C=O) groups excluding carboxylic acids is 1. The van der Waals surface area contributed by atoms with Gasteiger partial charge in [0.2, 0.25) is 5.88 Å². The lowest BCUT2D eigenvalue weighted by Crippen LogP contribution is -2.43. The lowest BCUT2D eigenvalue weighted by molar-refractivity contribution is 0.0589. The van der Waals surface area contributed by atoms with E-state index in [0.29, 0.717) is 42.9 Å². The number of ether oxygens (including phenoxy) is 3. The van der Waals surface area contributed by atoms with E-state index >= 15 is 0 Å². The van der Waals surface area contributed by atoms with Crippen molar-refractivity contribution >= 4 is 17.5 Å². The normalized spacial score (nSPS) is 13.8. The summed E-state index contributed by atoms with van der Waals surface area (Å²) in [6, 6.07) is 9.46. The quantitative estimate of drug-likeness (QED) is 0.402. The number of aromatic nitrogens is 2.